The van der Waals surface area contributed by atoms with Crippen molar-refractivity contribution >= 4 is 11.6 Å². The van der Waals surface area contributed by atoms with Crippen LogP contribution in [-0.2, 0) is 11.3 Å². The highest BCUT2D eigenvalue weighted by Crippen LogP contribution is 2.27. The third-order valence-corrected chi connectivity index (χ3v) is 3.38. The van der Waals surface area contributed by atoms with E-state index in [0.717, 1.165) is 11.1 Å². The van der Waals surface area contributed by atoms with E-state index in [9.17, 15) is 19.3 Å². The molecule has 0 radical (unpaired) electrons. The standard InChI is InChI=1S/C17H17FN2O4/c1-11-3-6-16(15(7-11)20(22)23)24-10-17(21)19-9-13-4-5-14(18)12(2)8-13/h3-8H,9-10H2,1-2H3,(H,19,21). The summed E-state index contributed by atoms with van der Waals surface area (Å²) in [6.45, 7) is 3.25. The fourth-order valence-electron chi connectivity index (χ4n) is 2.10. The van der Waals surface area contributed by atoms with Crippen LogP contribution >= 0.6 is 0 Å². The Morgan fingerprint density at radius 1 is 1.25 bits per heavy atom. The zero-order valence-electron chi connectivity index (χ0n) is 13.3. The van der Waals surface area contributed by atoms with Gasteiger partial charge in [-0.15, -0.1) is 0 Å². The molecule has 0 fully saturated rings. The van der Waals surface area contributed by atoms with Gasteiger partial charge in [0, 0.05) is 12.6 Å². The molecule has 2 aromatic carbocycles. The van der Waals surface area contributed by atoms with E-state index in [4.69, 9.17) is 4.74 Å². The number of benzene rings is 2. The number of carbonyl (C=O) groups excluding carboxylic acids is 1. The van der Waals surface area contributed by atoms with Crippen LogP contribution in [0.2, 0.25) is 0 Å². The lowest BCUT2D eigenvalue weighted by atomic mass is 10.1. The van der Waals surface area contributed by atoms with Crippen molar-refractivity contribution < 1.29 is 18.8 Å². The van der Waals surface area contributed by atoms with Crippen LogP contribution in [0.15, 0.2) is 36.4 Å². The SMILES string of the molecule is Cc1ccc(OCC(=O)NCc2ccc(F)c(C)c2)c([N+](=O)[O-])c1. The van der Waals surface area contributed by atoms with Gasteiger partial charge >= 0.3 is 5.69 Å². The number of carbonyl (C=O) groups is 1. The molecule has 0 atom stereocenters. The van der Waals surface area contributed by atoms with Crippen molar-refractivity contribution in [3.05, 3.63) is 69.0 Å². The number of rotatable bonds is 6. The van der Waals surface area contributed by atoms with Crippen LogP contribution in [0.4, 0.5) is 10.1 Å². The zero-order chi connectivity index (χ0) is 17.7. The molecule has 0 heterocycles. The number of nitro groups is 1. The average Bonchev–Trinajstić information content (AvgIpc) is 2.54. The van der Waals surface area contributed by atoms with Gasteiger partial charge in [-0.3, -0.25) is 14.9 Å². The number of nitrogens with one attached hydrogen (secondary N) is 1. The van der Waals surface area contributed by atoms with Gasteiger partial charge in [-0.2, -0.15) is 0 Å². The largest absolute Gasteiger partial charge is 0.477 e. The lowest BCUT2D eigenvalue weighted by Gasteiger charge is -2.09. The van der Waals surface area contributed by atoms with Crippen molar-refractivity contribution in [2.24, 2.45) is 0 Å². The number of hydrogen-bond donors (Lipinski definition) is 1. The molecule has 1 N–H and O–H groups in total. The van der Waals surface area contributed by atoms with Crippen molar-refractivity contribution in [2.75, 3.05) is 6.61 Å². The van der Waals surface area contributed by atoms with Crippen LogP contribution in [0, 0.1) is 29.8 Å². The molecule has 0 aliphatic heterocycles. The lowest BCUT2D eigenvalue weighted by Crippen LogP contribution is -2.28. The van der Waals surface area contributed by atoms with Crippen LogP contribution in [0.25, 0.3) is 0 Å². The molecular weight excluding hydrogens is 315 g/mol. The summed E-state index contributed by atoms with van der Waals surface area (Å²) in [5.74, 6) is -0.690. The summed E-state index contributed by atoms with van der Waals surface area (Å²) < 4.78 is 18.4. The molecule has 7 heteroatoms. The molecule has 2 rings (SSSR count). The number of halogens is 1. The van der Waals surface area contributed by atoms with Gasteiger partial charge in [-0.25, -0.2) is 4.39 Å². The minimum atomic E-state index is -0.554. The summed E-state index contributed by atoms with van der Waals surface area (Å²) in [5, 5.41) is 13.6. The van der Waals surface area contributed by atoms with E-state index in [1.807, 2.05) is 0 Å². The van der Waals surface area contributed by atoms with E-state index in [1.54, 1.807) is 32.0 Å². The van der Waals surface area contributed by atoms with Crippen LogP contribution < -0.4 is 10.1 Å². The van der Waals surface area contributed by atoms with Gasteiger partial charge in [0.15, 0.2) is 12.4 Å². The van der Waals surface area contributed by atoms with Crippen LogP contribution in [0.5, 0.6) is 5.75 Å². The quantitative estimate of drug-likeness (QED) is 0.651. The fraction of sp³-hybridized carbons (Fsp3) is 0.235. The summed E-state index contributed by atoms with van der Waals surface area (Å²) in [7, 11) is 0. The Balaban J connectivity index is 1.91. The summed E-state index contributed by atoms with van der Waals surface area (Å²) >= 11 is 0. The molecule has 2 aromatic rings. The highest BCUT2D eigenvalue weighted by molar-refractivity contribution is 5.77. The second-order valence-corrected chi connectivity index (χ2v) is 5.38. The van der Waals surface area contributed by atoms with Gasteiger partial charge < -0.3 is 10.1 Å². The molecule has 24 heavy (non-hydrogen) atoms. The number of nitro benzene ring substituents is 1. The highest BCUT2D eigenvalue weighted by Gasteiger charge is 2.16. The average molecular weight is 332 g/mol. The van der Waals surface area contributed by atoms with Crippen molar-refractivity contribution in [2.45, 2.75) is 20.4 Å². The smallest absolute Gasteiger partial charge is 0.311 e. The van der Waals surface area contributed by atoms with Gasteiger partial charge in [-0.05, 0) is 42.7 Å². The van der Waals surface area contributed by atoms with Crippen molar-refractivity contribution in [1.29, 1.82) is 0 Å². The van der Waals surface area contributed by atoms with E-state index < -0.39 is 10.8 Å². The Kier molecular flexibility index (Phi) is 5.47. The van der Waals surface area contributed by atoms with E-state index in [1.165, 1.54) is 18.2 Å². The first-order valence-electron chi connectivity index (χ1n) is 7.26. The summed E-state index contributed by atoms with van der Waals surface area (Å²) in [6.07, 6.45) is 0. The maximum atomic E-state index is 13.2. The molecule has 0 aliphatic rings. The highest BCUT2D eigenvalue weighted by atomic mass is 19.1. The summed E-state index contributed by atoms with van der Waals surface area (Å²) in [4.78, 5) is 22.2. The Morgan fingerprint density at radius 2 is 2.00 bits per heavy atom. The van der Waals surface area contributed by atoms with E-state index in [2.05, 4.69) is 5.32 Å². The summed E-state index contributed by atoms with van der Waals surface area (Å²) in [6, 6.07) is 9.07. The second-order valence-electron chi connectivity index (χ2n) is 5.38. The van der Waals surface area contributed by atoms with Crippen molar-refractivity contribution in [1.82, 2.24) is 5.32 Å². The first-order chi connectivity index (χ1) is 11.4. The zero-order valence-corrected chi connectivity index (χ0v) is 13.3. The molecule has 0 aromatic heterocycles. The normalized spacial score (nSPS) is 10.3. The molecule has 6 nitrogen and oxygen atoms in total. The van der Waals surface area contributed by atoms with Crippen LogP contribution in [0.3, 0.4) is 0 Å². The maximum absolute atomic E-state index is 13.2. The first-order valence-corrected chi connectivity index (χ1v) is 7.26. The van der Waals surface area contributed by atoms with Gasteiger partial charge in [-0.1, -0.05) is 18.2 Å². The van der Waals surface area contributed by atoms with Crippen LogP contribution in [-0.4, -0.2) is 17.4 Å². The molecule has 0 bridgehead atoms. The number of ether oxygens (including phenoxy) is 1. The molecule has 0 spiro atoms. The second kappa shape index (κ2) is 7.54. The van der Waals surface area contributed by atoms with Crippen molar-refractivity contribution in [3.8, 4) is 5.75 Å². The van der Waals surface area contributed by atoms with Crippen LogP contribution in [0.1, 0.15) is 16.7 Å². The van der Waals surface area contributed by atoms with E-state index in [-0.39, 0.29) is 30.4 Å². The van der Waals surface area contributed by atoms with Gasteiger partial charge in [0.2, 0.25) is 0 Å². The predicted molar refractivity (Wildman–Crippen MR) is 86.3 cm³/mol. The molecule has 0 unspecified atom stereocenters. The topological polar surface area (TPSA) is 81.5 Å². The molecule has 1 amide bonds. The monoisotopic (exact) mass is 332 g/mol. The predicted octanol–water partition coefficient (Wildman–Crippen LogP) is 3.05. The Labute approximate surface area is 138 Å². The Morgan fingerprint density at radius 3 is 2.67 bits per heavy atom. The van der Waals surface area contributed by atoms with Crippen molar-refractivity contribution in [3.63, 3.8) is 0 Å². The number of nitrogens with zero attached hydrogens (tertiary/aromatic N) is 1. The Hall–Kier alpha value is -2.96. The van der Waals surface area contributed by atoms with E-state index in [0.29, 0.717) is 5.56 Å². The number of aryl methyl sites for hydroxylation is 2. The third-order valence-electron chi connectivity index (χ3n) is 3.38. The number of amides is 1. The van der Waals surface area contributed by atoms with Gasteiger partial charge in [0.1, 0.15) is 5.82 Å². The molecular formula is C17H17FN2O4. The molecule has 0 aliphatic carbocycles. The lowest BCUT2D eigenvalue weighted by molar-refractivity contribution is -0.385. The third kappa shape index (κ3) is 4.52. The van der Waals surface area contributed by atoms with Gasteiger partial charge in [0.25, 0.3) is 5.91 Å². The molecule has 0 saturated carbocycles. The Bertz CT molecular complexity index is 777. The summed E-state index contributed by atoms with van der Waals surface area (Å²) in [5.41, 5.74) is 1.79. The maximum Gasteiger partial charge on any atom is 0.311 e. The minimum Gasteiger partial charge on any atom is -0.477 e. The van der Waals surface area contributed by atoms with E-state index >= 15 is 0 Å². The molecule has 0 saturated heterocycles. The number of hydrogen-bond acceptors (Lipinski definition) is 4. The molecule has 126 valence electrons. The fourth-order valence-corrected chi connectivity index (χ4v) is 2.10. The first kappa shape index (κ1) is 17.4. The van der Waals surface area contributed by atoms with Gasteiger partial charge in [0.05, 0.1) is 4.92 Å². The minimum absolute atomic E-state index is 0.0402.